The minimum Gasteiger partial charge on any atom is -0.0683 e. The Bertz CT molecular complexity index is 48.4. The molecule has 2 fully saturated rings. The molecule has 0 heteroatoms. The van der Waals surface area contributed by atoms with Gasteiger partial charge in [0.1, 0.15) is 0 Å². The summed E-state index contributed by atoms with van der Waals surface area (Å²) in [7, 11) is 0. The van der Waals surface area contributed by atoms with E-state index in [2.05, 4.69) is 13.8 Å². The predicted octanol–water partition coefficient (Wildman–Crippen LogP) is 3.86. The molecule has 0 aromatic rings. The van der Waals surface area contributed by atoms with Crippen molar-refractivity contribution in [2.45, 2.75) is 53.4 Å². The highest BCUT2D eigenvalue weighted by atomic mass is 14.2. The summed E-state index contributed by atoms with van der Waals surface area (Å²) in [5, 5.41) is 0. The summed E-state index contributed by atoms with van der Waals surface area (Å²) in [4.78, 5) is 0. The second-order valence-electron chi connectivity index (χ2n) is 3.37. The average molecular weight is 142 g/mol. The summed E-state index contributed by atoms with van der Waals surface area (Å²) in [6.07, 6.45) is 5.94. The molecule has 0 aliphatic heterocycles. The topological polar surface area (TPSA) is 0 Å². The minimum absolute atomic E-state index is 1.08. The molecule has 2 aliphatic rings. The normalized spacial score (nSPS) is 21.6. The van der Waals surface area contributed by atoms with E-state index < -0.39 is 0 Å². The third-order valence-electron chi connectivity index (χ3n) is 1.73. The van der Waals surface area contributed by atoms with Gasteiger partial charge in [-0.1, -0.05) is 53.4 Å². The number of rotatable bonds is 0. The number of hydrogen-bond acceptors (Lipinski definition) is 0. The summed E-state index contributed by atoms with van der Waals surface area (Å²) in [5.74, 6) is 2.17. The van der Waals surface area contributed by atoms with Crippen LogP contribution in [0.5, 0.6) is 0 Å². The lowest BCUT2D eigenvalue weighted by Gasteiger charge is -1.53. The monoisotopic (exact) mass is 142 g/mol. The molecule has 0 atom stereocenters. The fraction of sp³-hybridized carbons (Fsp3) is 1.00. The van der Waals surface area contributed by atoms with Crippen molar-refractivity contribution in [1.29, 1.82) is 0 Å². The van der Waals surface area contributed by atoms with E-state index in [4.69, 9.17) is 0 Å². The molecule has 62 valence electrons. The van der Waals surface area contributed by atoms with Gasteiger partial charge in [0.25, 0.3) is 0 Å². The van der Waals surface area contributed by atoms with E-state index in [0.29, 0.717) is 0 Å². The van der Waals surface area contributed by atoms with Gasteiger partial charge in [-0.15, -0.1) is 0 Å². The summed E-state index contributed by atoms with van der Waals surface area (Å²) in [5.41, 5.74) is 0. The Morgan fingerprint density at radius 3 is 0.800 bits per heavy atom. The molecule has 0 nitrogen and oxygen atoms in total. The molecular weight excluding hydrogens is 120 g/mol. The van der Waals surface area contributed by atoms with Crippen molar-refractivity contribution in [1.82, 2.24) is 0 Å². The zero-order valence-corrected chi connectivity index (χ0v) is 7.98. The van der Waals surface area contributed by atoms with Gasteiger partial charge < -0.3 is 0 Å². The summed E-state index contributed by atoms with van der Waals surface area (Å²) in [6, 6.07) is 0. The second kappa shape index (κ2) is 5.76. The lowest BCUT2D eigenvalue weighted by atomic mass is 10.5. The summed E-state index contributed by atoms with van der Waals surface area (Å²) < 4.78 is 0. The van der Waals surface area contributed by atoms with Gasteiger partial charge in [-0.05, 0) is 11.8 Å². The van der Waals surface area contributed by atoms with Crippen LogP contribution in [0.25, 0.3) is 0 Å². The van der Waals surface area contributed by atoms with Gasteiger partial charge in [0, 0.05) is 0 Å². The maximum atomic E-state index is 2.28. The Morgan fingerprint density at radius 2 is 0.800 bits per heavy atom. The molecule has 0 heterocycles. The van der Waals surface area contributed by atoms with E-state index in [1.54, 1.807) is 0 Å². The lowest BCUT2D eigenvalue weighted by molar-refractivity contribution is 0.983. The third kappa shape index (κ3) is 10.9. The van der Waals surface area contributed by atoms with E-state index in [0.717, 1.165) is 11.8 Å². The van der Waals surface area contributed by atoms with Crippen molar-refractivity contribution in [3.63, 3.8) is 0 Å². The third-order valence-corrected chi connectivity index (χ3v) is 1.73. The van der Waals surface area contributed by atoms with Crippen LogP contribution in [0.4, 0.5) is 0 Å². The molecular formula is C10H22. The van der Waals surface area contributed by atoms with Gasteiger partial charge in [0.2, 0.25) is 0 Å². The van der Waals surface area contributed by atoms with E-state index in [1.807, 2.05) is 13.8 Å². The van der Waals surface area contributed by atoms with Crippen LogP contribution in [0.2, 0.25) is 0 Å². The fourth-order valence-electron chi connectivity index (χ4n) is 0.333. The Kier molecular flexibility index (Phi) is 5.76. The average Bonchev–Trinajstić information content (AvgIpc) is 2.80. The zero-order valence-electron chi connectivity index (χ0n) is 7.98. The molecule has 0 aromatic heterocycles. The van der Waals surface area contributed by atoms with Crippen molar-refractivity contribution in [2.24, 2.45) is 11.8 Å². The van der Waals surface area contributed by atoms with Gasteiger partial charge in [0.05, 0.1) is 0 Å². The van der Waals surface area contributed by atoms with Crippen LogP contribution in [0.15, 0.2) is 0 Å². The predicted molar refractivity (Wildman–Crippen MR) is 48.1 cm³/mol. The molecule has 2 saturated carbocycles. The largest absolute Gasteiger partial charge is 0.0683 e. The SMILES string of the molecule is CC.CC1CC1.CC1CC1. The van der Waals surface area contributed by atoms with Crippen LogP contribution in [0, 0.1) is 11.8 Å². The molecule has 10 heavy (non-hydrogen) atoms. The van der Waals surface area contributed by atoms with Gasteiger partial charge in [-0.2, -0.15) is 0 Å². The Balaban J connectivity index is 0.000000131. The first-order valence-electron chi connectivity index (χ1n) is 4.79. The highest BCUT2D eigenvalue weighted by Crippen LogP contribution is 2.27. The zero-order chi connectivity index (χ0) is 7.98. The molecule has 0 amide bonds. The molecule has 0 bridgehead atoms. The van der Waals surface area contributed by atoms with Crippen molar-refractivity contribution in [2.75, 3.05) is 0 Å². The van der Waals surface area contributed by atoms with Crippen molar-refractivity contribution in [3.8, 4) is 0 Å². The van der Waals surface area contributed by atoms with E-state index >= 15 is 0 Å². The molecule has 0 N–H and O–H groups in total. The first-order chi connectivity index (χ1) is 4.79. The van der Waals surface area contributed by atoms with Crippen LogP contribution in [-0.2, 0) is 0 Å². The van der Waals surface area contributed by atoms with Gasteiger partial charge in [0.15, 0.2) is 0 Å². The smallest absolute Gasteiger partial charge is 0.0443 e. The van der Waals surface area contributed by atoms with Crippen molar-refractivity contribution < 1.29 is 0 Å². The molecule has 0 radical (unpaired) electrons. The molecule has 2 aliphatic carbocycles. The molecule has 0 aromatic carbocycles. The van der Waals surface area contributed by atoms with Crippen LogP contribution in [-0.4, -0.2) is 0 Å². The van der Waals surface area contributed by atoms with E-state index in [1.165, 1.54) is 25.7 Å². The van der Waals surface area contributed by atoms with E-state index in [9.17, 15) is 0 Å². The Hall–Kier alpha value is 0. The van der Waals surface area contributed by atoms with Crippen molar-refractivity contribution in [3.05, 3.63) is 0 Å². The first kappa shape index (κ1) is 10.0. The van der Waals surface area contributed by atoms with Crippen LogP contribution < -0.4 is 0 Å². The van der Waals surface area contributed by atoms with E-state index in [-0.39, 0.29) is 0 Å². The fourth-order valence-corrected chi connectivity index (χ4v) is 0.333. The van der Waals surface area contributed by atoms with Crippen LogP contribution in [0.1, 0.15) is 53.4 Å². The lowest BCUT2D eigenvalue weighted by Crippen LogP contribution is -1.42. The summed E-state index contributed by atoms with van der Waals surface area (Å²) >= 11 is 0. The minimum atomic E-state index is 1.08. The molecule has 0 unspecified atom stereocenters. The first-order valence-corrected chi connectivity index (χ1v) is 4.79. The highest BCUT2D eigenvalue weighted by Gasteiger charge is 2.13. The van der Waals surface area contributed by atoms with Crippen molar-refractivity contribution >= 4 is 0 Å². The van der Waals surface area contributed by atoms with Crippen LogP contribution in [0.3, 0.4) is 0 Å². The van der Waals surface area contributed by atoms with Gasteiger partial charge in [-0.3, -0.25) is 0 Å². The Morgan fingerprint density at radius 1 is 0.700 bits per heavy atom. The summed E-state index contributed by atoms with van der Waals surface area (Å²) in [6.45, 7) is 8.56. The Labute approximate surface area is 66.0 Å². The standard InChI is InChI=1S/2C4H8.C2H6/c2*1-4-2-3-4;1-2/h2*4H,2-3H2,1H3;1-2H3. The second-order valence-corrected chi connectivity index (χ2v) is 3.37. The molecule has 2 rings (SSSR count). The maximum absolute atomic E-state index is 2.28. The number of hydrogen-bond donors (Lipinski definition) is 0. The van der Waals surface area contributed by atoms with Gasteiger partial charge in [-0.25, -0.2) is 0 Å². The highest BCUT2D eigenvalue weighted by molar-refractivity contribution is 4.65. The molecule has 0 saturated heterocycles. The quantitative estimate of drug-likeness (QED) is 0.482. The maximum Gasteiger partial charge on any atom is -0.0443 e. The van der Waals surface area contributed by atoms with Crippen LogP contribution >= 0.6 is 0 Å². The van der Waals surface area contributed by atoms with Gasteiger partial charge >= 0.3 is 0 Å². The molecule has 0 spiro atoms.